The maximum atomic E-state index is 12.3. The van der Waals surface area contributed by atoms with Gasteiger partial charge in [0.05, 0.1) is 11.3 Å². The van der Waals surface area contributed by atoms with Crippen LogP contribution in [0.2, 0.25) is 0 Å². The quantitative estimate of drug-likeness (QED) is 0.752. The molecule has 2 atom stereocenters. The second-order valence-electron chi connectivity index (χ2n) is 5.86. The van der Waals surface area contributed by atoms with E-state index in [9.17, 15) is 14.4 Å². The van der Waals surface area contributed by atoms with Crippen LogP contribution < -0.4 is 21.6 Å². The third-order valence-electron chi connectivity index (χ3n) is 3.92. The number of aryl methyl sites for hydroxylation is 1. The van der Waals surface area contributed by atoms with Crippen molar-refractivity contribution in [1.82, 2.24) is 20.4 Å². The van der Waals surface area contributed by atoms with Crippen LogP contribution in [0.5, 0.6) is 0 Å². The van der Waals surface area contributed by atoms with E-state index in [-0.39, 0.29) is 17.5 Å². The summed E-state index contributed by atoms with van der Waals surface area (Å²) in [6.07, 6.45) is 1.75. The molecule has 1 fully saturated rings. The minimum Gasteiger partial charge on any atom is -0.430 e. The summed E-state index contributed by atoms with van der Waals surface area (Å²) < 4.78 is 6.22. The number of nitrogens with zero attached hydrogens (tertiary/aromatic N) is 2. The van der Waals surface area contributed by atoms with Gasteiger partial charge in [0.15, 0.2) is 6.29 Å². The zero-order valence-corrected chi connectivity index (χ0v) is 13.9. The van der Waals surface area contributed by atoms with Crippen LogP contribution in [0.3, 0.4) is 0 Å². The molecule has 2 unspecified atom stereocenters. The van der Waals surface area contributed by atoms with E-state index >= 15 is 0 Å². The highest BCUT2D eigenvalue weighted by Gasteiger charge is 2.28. The van der Waals surface area contributed by atoms with Gasteiger partial charge in [-0.05, 0) is 19.4 Å². The predicted octanol–water partition coefficient (Wildman–Crippen LogP) is 0.741. The summed E-state index contributed by atoms with van der Waals surface area (Å²) in [5.74, 6) is -0.104. The number of nitrogens with one attached hydrogen (secondary N) is 3. The largest absolute Gasteiger partial charge is 0.430 e. The maximum Gasteiger partial charge on any atom is 0.335 e. The molecule has 9 nitrogen and oxygen atoms in total. The van der Waals surface area contributed by atoms with E-state index in [1.54, 1.807) is 13.0 Å². The molecule has 0 saturated carbocycles. The average molecular weight is 345 g/mol. The zero-order valence-electron chi connectivity index (χ0n) is 13.9. The highest BCUT2D eigenvalue weighted by Crippen LogP contribution is 2.18. The SMILES string of the molecule is CCC1CC(=O)NC(n2nc(C)cc2NC(=O)c2ccc(=O)oc2)N1. The van der Waals surface area contributed by atoms with E-state index in [4.69, 9.17) is 4.42 Å². The van der Waals surface area contributed by atoms with Gasteiger partial charge in [-0.15, -0.1) is 0 Å². The minimum atomic E-state index is -0.552. The molecule has 0 aromatic carbocycles. The van der Waals surface area contributed by atoms with Gasteiger partial charge in [0.1, 0.15) is 12.1 Å². The molecule has 1 aliphatic heterocycles. The number of rotatable bonds is 4. The molecular formula is C16H19N5O4. The minimum absolute atomic E-state index is 0.0372. The van der Waals surface area contributed by atoms with Gasteiger partial charge in [-0.1, -0.05) is 6.92 Å². The Balaban J connectivity index is 1.83. The van der Waals surface area contributed by atoms with Gasteiger partial charge in [-0.25, -0.2) is 9.48 Å². The number of amides is 2. The molecule has 25 heavy (non-hydrogen) atoms. The summed E-state index contributed by atoms with van der Waals surface area (Å²) >= 11 is 0. The molecule has 2 aromatic heterocycles. The predicted molar refractivity (Wildman–Crippen MR) is 88.9 cm³/mol. The van der Waals surface area contributed by atoms with Crippen molar-refractivity contribution in [3.8, 4) is 0 Å². The van der Waals surface area contributed by atoms with Crippen LogP contribution >= 0.6 is 0 Å². The standard InChI is InChI=1S/C16H19N5O4/c1-3-11-7-13(22)19-16(17-11)21-12(6-9(2)20-21)18-15(24)10-4-5-14(23)25-8-10/h4-6,8,11,16-17H,3,7H2,1-2H3,(H,18,24)(H,19,22). The van der Waals surface area contributed by atoms with Crippen LogP contribution in [-0.4, -0.2) is 27.6 Å². The third-order valence-corrected chi connectivity index (χ3v) is 3.92. The third kappa shape index (κ3) is 3.77. The molecule has 0 bridgehead atoms. The monoisotopic (exact) mass is 345 g/mol. The number of carbonyl (C=O) groups is 2. The summed E-state index contributed by atoms with van der Waals surface area (Å²) in [4.78, 5) is 35.2. The van der Waals surface area contributed by atoms with Crippen LogP contribution in [0, 0.1) is 6.92 Å². The Morgan fingerprint density at radius 2 is 2.24 bits per heavy atom. The molecule has 3 N–H and O–H groups in total. The van der Waals surface area contributed by atoms with E-state index in [2.05, 4.69) is 21.0 Å². The van der Waals surface area contributed by atoms with Gasteiger partial charge in [-0.3, -0.25) is 14.9 Å². The first-order valence-corrected chi connectivity index (χ1v) is 7.98. The summed E-state index contributed by atoms with van der Waals surface area (Å²) in [5, 5.41) is 13.2. The van der Waals surface area contributed by atoms with E-state index in [0.717, 1.165) is 12.7 Å². The lowest BCUT2D eigenvalue weighted by Crippen LogP contribution is -2.53. The Labute approximate surface area is 143 Å². The van der Waals surface area contributed by atoms with Crippen LogP contribution in [-0.2, 0) is 4.79 Å². The number of hydrogen-bond donors (Lipinski definition) is 3. The summed E-state index contributed by atoms with van der Waals surface area (Å²) in [6, 6.07) is 4.28. The molecule has 1 saturated heterocycles. The Kier molecular flexibility index (Phi) is 4.66. The Morgan fingerprint density at radius 1 is 1.44 bits per heavy atom. The topological polar surface area (TPSA) is 118 Å². The first-order chi connectivity index (χ1) is 12.0. The number of aromatic nitrogens is 2. The van der Waals surface area contributed by atoms with Crippen molar-refractivity contribution >= 4 is 17.6 Å². The van der Waals surface area contributed by atoms with E-state index < -0.39 is 17.8 Å². The van der Waals surface area contributed by atoms with Gasteiger partial charge < -0.3 is 15.1 Å². The Morgan fingerprint density at radius 3 is 2.92 bits per heavy atom. The lowest BCUT2D eigenvalue weighted by molar-refractivity contribution is -0.125. The smallest absolute Gasteiger partial charge is 0.335 e. The summed E-state index contributed by atoms with van der Waals surface area (Å²) in [5.41, 5.74) is 0.360. The van der Waals surface area contributed by atoms with E-state index in [1.807, 2.05) is 6.92 Å². The van der Waals surface area contributed by atoms with Crippen molar-refractivity contribution in [2.24, 2.45) is 0 Å². The van der Waals surface area contributed by atoms with Crippen LogP contribution in [0.1, 0.15) is 42.1 Å². The normalized spacial score (nSPS) is 20.2. The number of hydrogen-bond acceptors (Lipinski definition) is 6. The van der Waals surface area contributed by atoms with Crippen LogP contribution in [0.15, 0.2) is 33.7 Å². The number of anilines is 1. The molecule has 3 heterocycles. The average Bonchev–Trinajstić information content (AvgIpc) is 2.95. The van der Waals surface area contributed by atoms with E-state index in [1.165, 1.54) is 16.8 Å². The van der Waals surface area contributed by atoms with Gasteiger partial charge in [0.2, 0.25) is 5.91 Å². The fourth-order valence-corrected chi connectivity index (χ4v) is 2.64. The highest BCUT2D eigenvalue weighted by molar-refractivity contribution is 6.03. The van der Waals surface area contributed by atoms with E-state index in [0.29, 0.717) is 17.9 Å². The molecule has 132 valence electrons. The van der Waals surface area contributed by atoms with Gasteiger partial charge in [-0.2, -0.15) is 5.10 Å². The molecule has 0 spiro atoms. The van der Waals surface area contributed by atoms with Crippen LogP contribution in [0.25, 0.3) is 0 Å². The maximum absolute atomic E-state index is 12.3. The second-order valence-corrected chi connectivity index (χ2v) is 5.86. The fourth-order valence-electron chi connectivity index (χ4n) is 2.64. The number of carbonyl (C=O) groups excluding carboxylic acids is 2. The highest BCUT2D eigenvalue weighted by atomic mass is 16.4. The lowest BCUT2D eigenvalue weighted by Gasteiger charge is -2.31. The summed E-state index contributed by atoms with van der Waals surface area (Å²) in [6.45, 7) is 3.78. The van der Waals surface area contributed by atoms with Crippen molar-refractivity contribution in [3.05, 3.63) is 46.1 Å². The second kappa shape index (κ2) is 6.89. The molecule has 9 heteroatoms. The molecule has 1 aliphatic rings. The van der Waals surface area contributed by atoms with Crippen molar-refractivity contribution in [2.45, 2.75) is 39.0 Å². The van der Waals surface area contributed by atoms with Gasteiger partial charge in [0.25, 0.3) is 5.91 Å². The van der Waals surface area contributed by atoms with Crippen molar-refractivity contribution in [3.63, 3.8) is 0 Å². The first-order valence-electron chi connectivity index (χ1n) is 7.98. The van der Waals surface area contributed by atoms with Crippen molar-refractivity contribution < 1.29 is 14.0 Å². The molecule has 2 amide bonds. The van der Waals surface area contributed by atoms with Gasteiger partial charge in [0, 0.05) is 24.6 Å². The Hall–Kier alpha value is -2.94. The zero-order chi connectivity index (χ0) is 18.0. The molecule has 2 aromatic rings. The fraction of sp³-hybridized carbons (Fsp3) is 0.375. The summed E-state index contributed by atoms with van der Waals surface area (Å²) in [7, 11) is 0. The molecular weight excluding hydrogens is 326 g/mol. The van der Waals surface area contributed by atoms with Crippen molar-refractivity contribution in [2.75, 3.05) is 5.32 Å². The molecule has 3 rings (SSSR count). The Bertz CT molecular complexity index is 836. The molecule has 0 aliphatic carbocycles. The lowest BCUT2D eigenvalue weighted by atomic mass is 10.1. The van der Waals surface area contributed by atoms with Crippen molar-refractivity contribution in [1.29, 1.82) is 0 Å². The van der Waals surface area contributed by atoms with Gasteiger partial charge >= 0.3 is 5.63 Å². The van der Waals surface area contributed by atoms with Crippen LogP contribution in [0.4, 0.5) is 5.82 Å². The molecule has 0 radical (unpaired) electrons. The first kappa shape index (κ1) is 16.9.